The van der Waals surface area contributed by atoms with Crippen LogP contribution in [-0.2, 0) is 0 Å². The van der Waals surface area contributed by atoms with Crippen molar-refractivity contribution in [1.29, 1.82) is 0 Å². The Labute approximate surface area is 207 Å². The van der Waals surface area contributed by atoms with Gasteiger partial charge in [0.2, 0.25) is 0 Å². The van der Waals surface area contributed by atoms with Crippen LogP contribution in [0.4, 0.5) is 0 Å². The molecule has 1 aliphatic heterocycles. The second-order valence-corrected chi connectivity index (χ2v) is 8.64. The highest BCUT2D eigenvalue weighted by Gasteiger charge is 2.20. The van der Waals surface area contributed by atoms with Crippen LogP contribution in [-0.4, -0.2) is 42.1 Å². The van der Waals surface area contributed by atoms with Gasteiger partial charge in [0.25, 0.3) is 0 Å². The van der Waals surface area contributed by atoms with E-state index >= 15 is 0 Å². The van der Waals surface area contributed by atoms with Crippen molar-refractivity contribution >= 4 is 33.6 Å². The summed E-state index contributed by atoms with van der Waals surface area (Å²) < 4.78 is 4.25. The van der Waals surface area contributed by atoms with E-state index in [0.29, 0.717) is 5.82 Å². The van der Waals surface area contributed by atoms with Gasteiger partial charge in [-0.05, 0) is 48.9 Å². The first-order chi connectivity index (χ1) is 17.9. The lowest BCUT2D eigenvalue weighted by atomic mass is 10.1. The van der Waals surface area contributed by atoms with Crippen LogP contribution in [0, 0.1) is 0 Å². The molecule has 0 bridgehead atoms. The fraction of sp³-hybridized carbons (Fsp3) is 0.0690. The third-order valence-corrected chi connectivity index (χ3v) is 6.54. The van der Waals surface area contributed by atoms with E-state index in [2.05, 4.69) is 85.4 Å². The van der Waals surface area contributed by atoms with Crippen molar-refractivity contribution in [2.45, 2.75) is 6.42 Å². The van der Waals surface area contributed by atoms with E-state index in [1.807, 2.05) is 41.3 Å². The van der Waals surface area contributed by atoms with Crippen LogP contribution in [0.25, 0.3) is 50.4 Å². The van der Waals surface area contributed by atoms with Crippen molar-refractivity contribution in [1.82, 2.24) is 29.3 Å². The van der Waals surface area contributed by atoms with E-state index in [1.165, 1.54) is 10.8 Å². The summed E-state index contributed by atoms with van der Waals surface area (Å²) in [5.74, 6) is 2.32. The zero-order chi connectivity index (χ0) is 23.9. The third-order valence-electron chi connectivity index (χ3n) is 6.54. The number of benzene rings is 2. The Balaban J connectivity index is 1.40. The summed E-state index contributed by atoms with van der Waals surface area (Å²) in [6.45, 7) is 0.739. The molecule has 2 aromatic carbocycles. The van der Waals surface area contributed by atoms with E-state index in [9.17, 15) is 0 Å². The van der Waals surface area contributed by atoms with Gasteiger partial charge >= 0.3 is 0 Å². The normalized spacial score (nSPS) is 13.4. The summed E-state index contributed by atoms with van der Waals surface area (Å²) in [5.41, 5.74) is 4.98. The average Bonchev–Trinajstić information content (AvgIpc) is 3.54. The zero-order valence-electron chi connectivity index (χ0n) is 19.4. The number of dihydropyridines is 1. The van der Waals surface area contributed by atoms with Gasteiger partial charge in [-0.3, -0.25) is 19.1 Å². The highest BCUT2D eigenvalue weighted by Crippen LogP contribution is 2.32. The molecule has 6 aromatic rings. The average molecular weight is 468 g/mol. The minimum absolute atomic E-state index is 0.681. The Morgan fingerprint density at radius 2 is 1.42 bits per heavy atom. The van der Waals surface area contributed by atoms with Crippen molar-refractivity contribution in [3.63, 3.8) is 0 Å². The van der Waals surface area contributed by atoms with Crippen LogP contribution < -0.4 is 0 Å². The van der Waals surface area contributed by atoms with Crippen molar-refractivity contribution in [2.75, 3.05) is 6.54 Å². The maximum absolute atomic E-state index is 4.92. The van der Waals surface area contributed by atoms with Gasteiger partial charge < -0.3 is 0 Å². The monoisotopic (exact) mass is 467 g/mol. The molecule has 0 atom stereocenters. The van der Waals surface area contributed by atoms with Crippen LogP contribution in [0.3, 0.4) is 0 Å². The predicted molar refractivity (Wildman–Crippen MR) is 143 cm³/mol. The van der Waals surface area contributed by atoms with Gasteiger partial charge in [0, 0.05) is 35.3 Å². The van der Waals surface area contributed by atoms with E-state index in [0.717, 1.165) is 52.6 Å². The second-order valence-electron chi connectivity index (χ2n) is 8.64. The molecule has 0 N–H and O–H groups in total. The minimum atomic E-state index is 0.681. The van der Waals surface area contributed by atoms with Crippen LogP contribution in [0.5, 0.6) is 0 Å². The number of allylic oxidation sites excluding steroid dienone is 1. The predicted octanol–water partition coefficient (Wildman–Crippen LogP) is 5.68. The first-order valence-corrected chi connectivity index (χ1v) is 11.9. The molecule has 7 rings (SSSR count). The van der Waals surface area contributed by atoms with Crippen LogP contribution in [0.15, 0.2) is 102 Å². The molecule has 5 heterocycles. The molecule has 0 fully saturated rings. The summed E-state index contributed by atoms with van der Waals surface area (Å²) in [7, 11) is 0. The van der Waals surface area contributed by atoms with E-state index in [4.69, 9.17) is 4.98 Å². The molecule has 1 aliphatic rings. The molecule has 0 saturated heterocycles. The van der Waals surface area contributed by atoms with Crippen molar-refractivity contribution in [3.05, 3.63) is 103 Å². The number of pyridine rings is 2. The molecule has 0 aliphatic carbocycles. The molecular weight excluding hydrogens is 446 g/mol. The Morgan fingerprint density at radius 1 is 0.667 bits per heavy atom. The van der Waals surface area contributed by atoms with Gasteiger partial charge in [-0.15, -0.1) is 10.2 Å². The third kappa shape index (κ3) is 3.25. The van der Waals surface area contributed by atoms with Crippen LogP contribution in [0.2, 0.25) is 0 Å². The van der Waals surface area contributed by atoms with Crippen LogP contribution >= 0.6 is 0 Å². The van der Waals surface area contributed by atoms with Gasteiger partial charge in [0.1, 0.15) is 11.5 Å². The molecule has 7 nitrogen and oxygen atoms in total. The number of fused-ring (bicyclic) bond motifs is 3. The molecule has 0 spiro atoms. The van der Waals surface area contributed by atoms with Gasteiger partial charge in [-0.1, -0.05) is 42.5 Å². The first-order valence-electron chi connectivity index (χ1n) is 11.9. The second kappa shape index (κ2) is 8.39. The lowest BCUT2D eigenvalue weighted by Crippen LogP contribution is -2.07. The Morgan fingerprint density at radius 3 is 2.08 bits per heavy atom. The number of hydrogen-bond acceptors (Lipinski definition) is 5. The molecule has 172 valence electrons. The highest BCUT2D eigenvalue weighted by molar-refractivity contribution is 6.09. The van der Waals surface area contributed by atoms with E-state index < -0.39 is 0 Å². The van der Waals surface area contributed by atoms with Gasteiger partial charge in [0.15, 0.2) is 11.6 Å². The smallest absolute Gasteiger partial charge is 0.187 e. The summed E-state index contributed by atoms with van der Waals surface area (Å²) >= 11 is 0. The summed E-state index contributed by atoms with van der Waals surface area (Å²) in [5, 5.41) is 11.5. The van der Waals surface area contributed by atoms with E-state index in [-0.39, 0.29) is 0 Å². The Hall–Kier alpha value is -4.91. The fourth-order valence-corrected chi connectivity index (χ4v) is 4.88. The molecule has 36 heavy (non-hydrogen) atoms. The first kappa shape index (κ1) is 20.5. The largest absolute Gasteiger partial charge is 0.294 e. The van der Waals surface area contributed by atoms with Crippen molar-refractivity contribution < 1.29 is 0 Å². The standard InChI is InChI=1S/C29H21N7/c1-3-10-25-22(7-1)23-8-2-4-11-26(23)36(25)27-13-12-21(19-32-27)35-28(20-14-17-30-18-15-20)33-34-29(35)24-9-5-6-16-31-24/h1-14,16-17,19H,15,18H2. The maximum Gasteiger partial charge on any atom is 0.187 e. The molecular formula is C29H21N7. The lowest BCUT2D eigenvalue weighted by Gasteiger charge is -2.14. The number of para-hydroxylation sites is 2. The topological polar surface area (TPSA) is 73.8 Å². The molecule has 0 saturated carbocycles. The number of aliphatic imine (C=N–C) groups is 1. The zero-order valence-corrected chi connectivity index (χ0v) is 19.4. The quantitative estimate of drug-likeness (QED) is 0.334. The van der Waals surface area contributed by atoms with Gasteiger partial charge in [-0.25, -0.2) is 4.98 Å². The Bertz CT molecular complexity index is 1720. The molecule has 0 amide bonds. The molecule has 4 aromatic heterocycles. The minimum Gasteiger partial charge on any atom is -0.294 e. The fourth-order valence-electron chi connectivity index (χ4n) is 4.88. The van der Waals surface area contributed by atoms with Crippen molar-refractivity contribution in [2.24, 2.45) is 4.99 Å². The number of aromatic nitrogens is 6. The SMILES string of the molecule is C1=NCCC(c2nnc(-c3ccccn3)n2-c2ccc(-n3c4ccccc4c4ccccc43)nc2)=C1. The maximum atomic E-state index is 4.92. The van der Waals surface area contributed by atoms with E-state index in [1.54, 1.807) is 6.20 Å². The van der Waals surface area contributed by atoms with Gasteiger partial charge in [0.05, 0.1) is 22.9 Å². The lowest BCUT2D eigenvalue weighted by molar-refractivity contribution is 0.945. The summed E-state index contributed by atoms with van der Waals surface area (Å²) in [4.78, 5) is 13.8. The summed E-state index contributed by atoms with van der Waals surface area (Å²) in [6.07, 6.45) is 8.30. The highest BCUT2D eigenvalue weighted by atomic mass is 15.3. The molecule has 7 heteroatoms. The van der Waals surface area contributed by atoms with Crippen molar-refractivity contribution in [3.8, 4) is 23.0 Å². The van der Waals surface area contributed by atoms with Crippen LogP contribution in [0.1, 0.15) is 12.2 Å². The Kier molecular flexibility index (Phi) is 4.77. The summed E-state index contributed by atoms with van der Waals surface area (Å²) in [6, 6.07) is 26.8. The number of rotatable bonds is 4. The number of hydrogen-bond donors (Lipinski definition) is 0. The number of nitrogens with zero attached hydrogens (tertiary/aromatic N) is 7. The van der Waals surface area contributed by atoms with Gasteiger partial charge in [-0.2, -0.15) is 0 Å². The molecule has 0 radical (unpaired) electrons. The molecule has 0 unspecified atom stereocenters.